The first kappa shape index (κ1) is 13.5. The highest BCUT2D eigenvalue weighted by Gasteiger charge is 2.25. The SMILES string of the molecule is COc1cc2c(c(CCN3CCNCC3)c1F)OCO2. The summed E-state index contributed by atoms with van der Waals surface area (Å²) in [5.74, 6) is 0.966. The lowest BCUT2D eigenvalue weighted by molar-refractivity contribution is 0.172. The number of piperazine rings is 1. The standard InChI is InChI=1S/C14H19FN2O3/c1-18-11-8-12-14(20-9-19-12)10(13(11)15)2-5-17-6-3-16-4-7-17/h8,16H,2-7,9H2,1H3. The van der Waals surface area contributed by atoms with E-state index in [1.165, 1.54) is 7.11 Å². The molecule has 20 heavy (non-hydrogen) atoms. The van der Waals surface area contributed by atoms with Crippen LogP contribution in [0.15, 0.2) is 6.07 Å². The Kier molecular flexibility index (Phi) is 3.93. The van der Waals surface area contributed by atoms with E-state index in [1.807, 2.05) is 0 Å². The summed E-state index contributed by atoms with van der Waals surface area (Å²) in [4.78, 5) is 2.32. The Morgan fingerprint density at radius 1 is 1.35 bits per heavy atom. The monoisotopic (exact) mass is 282 g/mol. The van der Waals surface area contributed by atoms with Gasteiger partial charge in [-0.3, -0.25) is 0 Å². The van der Waals surface area contributed by atoms with Gasteiger partial charge in [-0.05, 0) is 6.42 Å². The molecule has 110 valence electrons. The maximum atomic E-state index is 14.4. The molecule has 1 aromatic carbocycles. The van der Waals surface area contributed by atoms with Crippen molar-refractivity contribution in [2.24, 2.45) is 0 Å². The number of benzene rings is 1. The zero-order valence-electron chi connectivity index (χ0n) is 11.6. The predicted octanol–water partition coefficient (Wildman–Crippen LogP) is 1.01. The van der Waals surface area contributed by atoms with Crippen LogP contribution in [0.3, 0.4) is 0 Å². The molecule has 3 rings (SSSR count). The van der Waals surface area contributed by atoms with Gasteiger partial charge in [-0.1, -0.05) is 0 Å². The number of nitrogens with one attached hydrogen (secondary N) is 1. The van der Waals surface area contributed by atoms with Crippen molar-refractivity contribution < 1.29 is 18.6 Å². The molecule has 1 aromatic rings. The predicted molar refractivity (Wildman–Crippen MR) is 72.1 cm³/mol. The van der Waals surface area contributed by atoms with Crippen molar-refractivity contribution in [3.05, 3.63) is 17.4 Å². The Balaban J connectivity index is 1.79. The molecule has 1 N–H and O–H groups in total. The van der Waals surface area contributed by atoms with E-state index in [-0.39, 0.29) is 18.4 Å². The summed E-state index contributed by atoms with van der Waals surface area (Å²) in [5, 5.41) is 3.30. The minimum atomic E-state index is -0.341. The van der Waals surface area contributed by atoms with E-state index in [2.05, 4.69) is 10.2 Å². The number of ether oxygens (including phenoxy) is 3. The molecule has 1 fully saturated rings. The summed E-state index contributed by atoms with van der Waals surface area (Å²) in [5.41, 5.74) is 0.551. The molecule has 0 bridgehead atoms. The zero-order chi connectivity index (χ0) is 13.9. The van der Waals surface area contributed by atoms with Crippen LogP contribution in [-0.2, 0) is 6.42 Å². The normalized spacial score (nSPS) is 18.3. The molecule has 6 heteroatoms. The van der Waals surface area contributed by atoms with Gasteiger partial charge >= 0.3 is 0 Å². The van der Waals surface area contributed by atoms with Crippen LogP contribution in [0.2, 0.25) is 0 Å². The largest absolute Gasteiger partial charge is 0.494 e. The lowest BCUT2D eigenvalue weighted by atomic mass is 10.1. The van der Waals surface area contributed by atoms with Gasteiger partial charge in [0.1, 0.15) is 0 Å². The van der Waals surface area contributed by atoms with Gasteiger partial charge in [0, 0.05) is 44.4 Å². The molecule has 2 aliphatic rings. The van der Waals surface area contributed by atoms with Crippen LogP contribution >= 0.6 is 0 Å². The highest BCUT2D eigenvalue weighted by Crippen LogP contribution is 2.41. The Hall–Kier alpha value is -1.53. The summed E-state index contributed by atoms with van der Waals surface area (Å²) >= 11 is 0. The fourth-order valence-electron chi connectivity index (χ4n) is 2.64. The first-order valence-corrected chi connectivity index (χ1v) is 6.87. The van der Waals surface area contributed by atoms with Gasteiger partial charge in [-0.15, -0.1) is 0 Å². The van der Waals surface area contributed by atoms with Gasteiger partial charge in [-0.2, -0.15) is 0 Å². The quantitative estimate of drug-likeness (QED) is 0.893. The fraction of sp³-hybridized carbons (Fsp3) is 0.571. The minimum absolute atomic E-state index is 0.141. The molecule has 0 aliphatic carbocycles. The van der Waals surface area contributed by atoms with Gasteiger partial charge < -0.3 is 24.4 Å². The third-order valence-electron chi connectivity index (χ3n) is 3.77. The van der Waals surface area contributed by atoms with Gasteiger partial charge in [-0.25, -0.2) is 4.39 Å². The summed E-state index contributed by atoms with van der Waals surface area (Å²) in [7, 11) is 1.46. The van der Waals surface area contributed by atoms with Crippen LogP contribution in [-0.4, -0.2) is 51.5 Å². The van der Waals surface area contributed by atoms with Crippen LogP contribution in [0.25, 0.3) is 0 Å². The number of nitrogens with zero attached hydrogens (tertiary/aromatic N) is 1. The number of fused-ring (bicyclic) bond motifs is 1. The lowest BCUT2D eigenvalue weighted by Crippen LogP contribution is -2.44. The summed E-state index contributed by atoms with van der Waals surface area (Å²) in [6, 6.07) is 1.55. The fourth-order valence-corrected chi connectivity index (χ4v) is 2.64. The van der Waals surface area contributed by atoms with Gasteiger partial charge in [0.15, 0.2) is 23.1 Å². The Labute approximate surface area is 117 Å². The molecular weight excluding hydrogens is 263 g/mol. The van der Waals surface area contributed by atoms with Crippen molar-refractivity contribution >= 4 is 0 Å². The Bertz CT molecular complexity index is 489. The van der Waals surface area contributed by atoms with E-state index in [9.17, 15) is 4.39 Å². The topological polar surface area (TPSA) is 43.0 Å². The van der Waals surface area contributed by atoms with Crippen molar-refractivity contribution in [3.8, 4) is 17.2 Å². The number of hydrogen-bond donors (Lipinski definition) is 1. The number of rotatable bonds is 4. The maximum absolute atomic E-state index is 14.4. The Morgan fingerprint density at radius 2 is 2.15 bits per heavy atom. The molecule has 1 saturated heterocycles. The highest BCUT2D eigenvalue weighted by molar-refractivity contribution is 5.54. The molecule has 0 radical (unpaired) electrons. The highest BCUT2D eigenvalue weighted by atomic mass is 19.1. The summed E-state index contributed by atoms with van der Waals surface area (Å²) in [6.07, 6.45) is 0.592. The third kappa shape index (κ3) is 2.53. The van der Waals surface area contributed by atoms with E-state index in [0.717, 1.165) is 32.7 Å². The molecule has 0 amide bonds. The first-order chi connectivity index (χ1) is 9.79. The second kappa shape index (κ2) is 5.85. The number of halogens is 1. The van der Waals surface area contributed by atoms with Crippen LogP contribution in [0.1, 0.15) is 5.56 Å². The molecule has 0 unspecified atom stereocenters. The molecular formula is C14H19FN2O3. The molecule has 5 nitrogen and oxygen atoms in total. The van der Waals surface area contributed by atoms with E-state index < -0.39 is 0 Å². The van der Waals surface area contributed by atoms with Crippen LogP contribution in [0.5, 0.6) is 17.2 Å². The zero-order valence-corrected chi connectivity index (χ0v) is 11.6. The number of methoxy groups -OCH3 is 1. The van der Waals surface area contributed by atoms with Crippen molar-refractivity contribution in [1.29, 1.82) is 0 Å². The summed E-state index contributed by atoms with van der Waals surface area (Å²) in [6.45, 7) is 4.90. The third-order valence-corrected chi connectivity index (χ3v) is 3.77. The average Bonchev–Trinajstić information content (AvgIpc) is 2.95. The first-order valence-electron chi connectivity index (χ1n) is 6.87. The molecule has 0 aromatic heterocycles. The second-order valence-electron chi connectivity index (χ2n) is 4.95. The van der Waals surface area contributed by atoms with Gasteiger partial charge in [0.25, 0.3) is 0 Å². The van der Waals surface area contributed by atoms with Gasteiger partial charge in [0.05, 0.1) is 7.11 Å². The van der Waals surface area contributed by atoms with E-state index >= 15 is 0 Å². The van der Waals surface area contributed by atoms with E-state index in [1.54, 1.807) is 6.07 Å². The Morgan fingerprint density at radius 3 is 2.90 bits per heavy atom. The van der Waals surface area contributed by atoms with E-state index in [0.29, 0.717) is 23.5 Å². The molecule has 0 atom stereocenters. The van der Waals surface area contributed by atoms with Gasteiger partial charge in [0.2, 0.25) is 6.79 Å². The minimum Gasteiger partial charge on any atom is -0.494 e. The van der Waals surface area contributed by atoms with E-state index in [4.69, 9.17) is 14.2 Å². The smallest absolute Gasteiger partial charge is 0.231 e. The van der Waals surface area contributed by atoms with Crippen molar-refractivity contribution in [3.63, 3.8) is 0 Å². The van der Waals surface area contributed by atoms with Crippen LogP contribution < -0.4 is 19.5 Å². The molecule has 2 heterocycles. The molecule has 2 aliphatic heterocycles. The van der Waals surface area contributed by atoms with Crippen LogP contribution in [0, 0.1) is 5.82 Å². The van der Waals surface area contributed by atoms with Crippen molar-refractivity contribution in [2.45, 2.75) is 6.42 Å². The molecule has 0 spiro atoms. The lowest BCUT2D eigenvalue weighted by Gasteiger charge is -2.27. The van der Waals surface area contributed by atoms with Crippen molar-refractivity contribution in [2.75, 3.05) is 46.6 Å². The maximum Gasteiger partial charge on any atom is 0.231 e. The summed E-state index contributed by atoms with van der Waals surface area (Å²) < 4.78 is 30.2. The van der Waals surface area contributed by atoms with Crippen LogP contribution in [0.4, 0.5) is 4.39 Å². The molecule has 0 saturated carbocycles. The van der Waals surface area contributed by atoms with Crippen molar-refractivity contribution in [1.82, 2.24) is 10.2 Å². The average molecular weight is 282 g/mol. The number of hydrogen-bond acceptors (Lipinski definition) is 5. The second-order valence-corrected chi connectivity index (χ2v) is 4.95.